The average molecular weight is 610 g/mol. The van der Waals surface area contributed by atoms with Crippen LogP contribution < -0.4 is 14.8 Å². The summed E-state index contributed by atoms with van der Waals surface area (Å²) >= 11 is 3.57. The quantitative estimate of drug-likeness (QED) is 0.0939. The van der Waals surface area contributed by atoms with Crippen molar-refractivity contribution >= 4 is 39.1 Å². The third kappa shape index (κ3) is 6.44. The van der Waals surface area contributed by atoms with Gasteiger partial charge in [0.15, 0.2) is 11.5 Å². The van der Waals surface area contributed by atoms with E-state index < -0.39 is 10.9 Å². The summed E-state index contributed by atoms with van der Waals surface area (Å²) in [7, 11) is 1.49. The maximum atomic E-state index is 12.9. The van der Waals surface area contributed by atoms with Gasteiger partial charge in [0, 0.05) is 33.4 Å². The summed E-state index contributed by atoms with van der Waals surface area (Å²) in [6.45, 7) is 12.6. The van der Waals surface area contributed by atoms with Crippen molar-refractivity contribution in [1.29, 1.82) is 0 Å². The number of carbonyl (C=O) groups excluding carboxylic acids is 1. The zero-order chi connectivity index (χ0) is 29.4. The predicted molar refractivity (Wildman–Crippen MR) is 159 cm³/mol. The lowest BCUT2D eigenvalue weighted by Crippen LogP contribution is -2.36. The van der Waals surface area contributed by atoms with Crippen LogP contribution in [0.1, 0.15) is 57.0 Å². The summed E-state index contributed by atoms with van der Waals surface area (Å²) in [5, 5.41) is 15.0. The molecular weight excluding hydrogens is 576 g/mol. The van der Waals surface area contributed by atoms with Gasteiger partial charge < -0.3 is 14.8 Å². The maximum Gasteiger partial charge on any atom is 0.343 e. The Balaban J connectivity index is 1.73. The van der Waals surface area contributed by atoms with Crippen LogP contribution in [0.2, 0.25) is 0 Å². The van der Waals surface area contributed by atoms with Crippen LogP contribution in [0.5, 0.6) is 11.5 Å². The van der Waals surface area contributed by atoms with Gasteiger partial charge in [-0.25, -0.2) is 9.78 Å². The van der Waals surface area contributed by atoms with Gasteiger partial charge >= 0.3 is 5.97 Å². The van der Waals surface area contributed by atoms with Crippen LogP contribution >= 0.6 is 15.9 Å². The first-order valence-electron chi connectivity index (χ1n) is 12.8. The van der Waals surface area contributed by atoms with E-state index in [-0.39, 0.29) is 28.0 Å². The fraction of sp³-hybridized carbons (Fsp3) is 0.333. The fourth-order valence-corrected chi connectivity index (χ4v) is 5.36. The fourth-order valence-electron chi connectivity index (χ4n) is 5.02. The van der Waals surface area contributed by atoms with E-state index in [1.165, 1.54) is 25.3 Å². The van der Waals surface area contributed by atoms with Gasteiger partial charge in [0.1, 0.15) is 17.2 Å². The number of nitrogens with one attached hydrogen (secondary N) is 1. The Morgan fingerprint density at radius 3 is 2.45 bits per heavy atom. The van der Waals surface area contributed by atoms with E-state index in [4.69, 9.17) is 14.5 Å². The van der Waals surface area contributed by atoms with Gasteiger partial charge in [0.25, 0.3) is 5.69 Å². The van der Waals surface area contributed by atoms with Gasteiger partial charge in [-0.15, -0.1) is 0 Å². The van der Waals surface area contributed by atoms with E-state index in [0.717, 1.165) is 27.9 Å². The van der Waals surface area contributed by atoms with Crippen LogP contribution in [0.25, 0.3) is 16.9 Å². The molecule has 0 aliphatic carbocycles. The highest BCUT2D eigenvalue weighted by Crippen LogP contribution is 2.39. The molecule has 0 atom stereocenters. The highest BCUT2D eigenvalue weighted by Gasteiger charge is 2.28. The van der Waals surface area contributed by atoms with Crippen molar-refractivity contribution in [2.45, 2.75) is 53.5 Å². The molecule has 0 saturated carbocycles. The number of hydrogen-bond donors (Lipinski definition) is 1. The molecule has 210 valence electrons. The maximum absolute atomic E-state index is 12.9. The molecule has 4 rings (SSSR count). The molecule has 0 aliphatic rings. The molecule has 0 amide bonds. The van der Waals surface area contributed by atoms with Gasteiger partial charge in [0.2, 0.25) is 0 Å². The molecular formula is C30H33BrN4O5. The van der Waals surface area contributed by atoms with Crippen molar-refractivity contribution in [3.8, 4) is 22.8 Å². The summed E-state index contributed by atoms with van der Waals surface area (Å²) in [5.74, 6) is 0.612. The van der Waals surface area contributed by atoms with Crippen LogP contribution in [0.4, 0.5) is 11.5 Å². The molecule has 10 heteroatoms. The number of anilines is 1. The first-order chi connectivity index (χ1) is 18.7. The predicted octanol–water partition coefficient (Wildman–Crippen LogP) is 7.83. The minimum Gasteiger partial charge on any atom is -0.493 e. The van der Waals surface area contributed by atoms with Gasteiger partial charge in [-0.3, -0.25) is 14.5 Å². The number of esters is 1. The van der Waals surface area contributed by atoms with E-state index >= 15 is 0 Å². The summed E-state index contributed by atoms with van der Waals surface area (Å²) in [6, 6.07) is 13.3. The molecule has 0 radical (unpaired) electrons. The van der Waals surface area contributed by atoms with Crippen molar-refractivity contribution < 1.29 is 19.2 Å². The van der Waals surface area contributed by atoms with Gasteiger partial charge in [-0.05, 0) is 84.9 Å². The second kappa shape index (κ2) is 10.9. The van der Waals surface area contributed by atoms with E-state index in [2.05, 4.69) is 55.9 Å². The van der Waals surface area contributed by atoms with Crippen molar-refractivity contribution in [2.75, 3.05) is 12.4 Å². The number of carbonyl (C=O) groups is 1. The number of rotatable bonds is 8. The Bertz CT molecular complexity index is 1600. The molecule has 9 nitrogen and oxygen atoms in total. The molecule has 0 unspecified atom stereocenters. The number of nitrogens with zero attached hydrogens (tertiary/aromatic N) is 3. The van der Waals surface area contributed by atoms with Crippen molar-refractivity contribution in [3.05, 3.63) is 80.4 Å². The largest absolute Gasteiger partial charge is 0.493 e. The summed E-state index contributed by atoms with van der Waals surface area (Å²) < 4.78 is 14.1. The summed E-state index contributed by atoms with van der Waals surface area (Å²) in [6.07, 6.45) is 2.88. The molecule has 0 aliphatic heterocycles. The number of benzene rings is 2. The van der Waals surface area contributed by atoms with Gasteiger partial charge in [0.05, 0.1) is 17.6 Å². The Kier molecular flexibility index (Phi) is 7.94. The summed E-state index contributed by atoms with van der Waals surface area (Å²) in [4.78, 5) is 28.6. The minimum absolute atomic E-state index is 0.0712. The number of fused-ring (bicyclic) bond motifs is 1. The number of pyridine rings is 1. The second-order valence-electron chi connectivity index (χ2n) is 11.6. The smallest absolute Gasteiger partial charge is 0.343 e. The number of halogens is 1. The monoisotopic (exact) mass is 608 g/mol. The van der Waals surface area contributed by atoms with E-state index in [0.29, 0.717) is 17.0 Å². The van der Waals surface area contributed by atoms with E-state index in [1.54, 1.807) is 19.1 Å². The number of aromatic nitrogens is 2. The highest BCUT2D eigenvalue weighted by molar-refractivity contribution is 9.10. The standard InChI is InChI=1S/C30H33BrN4O5/c1-18-8-9-20(14-22(18)35(37)38)28(36)40-23-12-10-19(15-24(23)39-7)26-27(33-30(5,6)17-29(2,3)4)34-16-21(31)11-13-25(34)32-26/h8-16,33H,17H2,1-7H3. The molecule has 1 N–H and O–H groups in total. The van der Waals surface area contributed by atoms with Crippen molar-refractivity contribution in [3.63, 3.8) is 0 Å². The van der Waals surface area contributed by atoms with E-state index in [1.807, 2.05) is 28.8 Å². The Labute approximate surface area is 241 Å². The number of nitro benzene ring substituents is 1. The number of imidazole rings is 1. The van der Waals surface area contributed by atoms with Gasteiger partial charge in [-0.1, -0.05) is 26.8 Å². The second-order valence-corrected chi connectivity index (χ2v) is 12.6. The minimum atomic E-state index is -0.724. The average Bonchev–Trinajstić information content (AvgIpc) is 3.19. The third-order valence-electron chi connectivity index (χ3n) is 6.29. The lowest BCUT2D eigenvalue weighted by molar-refractivity contribution is -0.385. The molecule has 2 aromatic heterocycles. The molecule has 0 spiro atoms. The van der Waals surface area contributed by atoms with Gasteiger partial charge in [-0.2, -0.15) is 0 Å². The van der Waals surface area contributed by atoms with Crippen LogP contribution in [-0.4, -0.2) is 32.9 Å². The zero-order valence-electron chi connectivity index (χ0n) is 23.7. The number of hydrogen-bond acceptors (Lipinski definition) is 7. The molecule has 0 saturated heterocycles. The van der Waals surface area contributed by atoms with Crippen LogP contribution in [0.15, 0.2) is 59.2 Å². The zero-order valence-corrected chi connectivity index (χ0v) is 25.3. The summed E-state index contributed by atoms with van der Waals surface area (Å²) in [5.41, 5.74) is 2.47. The first-order valence-corrected chi connectivity index (χ1v) is 13.6. The lowest BCUT2D eigenvalue weighted by Gasteiger charge is -2.34. The molecule has 40 heavy (non-hydrogen) atoms. The third-order valence-corrected chi connectivity index (χ3v) is 6.76. The molecule has 4 aromatic rings. The topological polar surface area (TPSA) is 108 Å². The van der Waals surface area contributed by atoms with Crippen LogP contribution in [0.3, 0.4) is 0 Å². The molecule has 0 fully saturated rings. The molecule has 2 heterocycles. The number of methoxy groups -OCH3 is 1. The molecule has 0 bridgehead atoms. The Hall–Kier alpha value is -3.92. The SMILES string of the molecule is COc1cc(-c2nc3ccc(Br)cn3c2NC(C)(C)CC(C)(C)C)ccc1OC(=O)c1ccc(C)c([N+](=O)[O-])c1. The first kappa shape index (κ1) is 29.1. The van der Waals surface area contributed by atoms with Crippen molar-refractivity contribution in [2.24, 2.45) is 5.41 Å². The normalized spacial score (nSPS) is 11.9. The van der Waals surface area contributed by atoms with Crippen LogP contribution in [-0.2, 0) is 0 Å². The number of nitro groups is 1. The lowest BCUT2D eigenvalue weighted by atomic mass is 9.82. The highest BCUT2D eigenvalue weighted by atomic mass is 79.9. The Morgan fingerprint density at radius 2 is 1.80 bits per heavy atom. The number of aryl methyl sites for hydroxylation is 1. The van der Waals surface area contributed by atoms with E-state index in [9.17, 15) is 14.9 Å². The molecule has 2 aromatic carbocycles. The number of ether oxygens (including phenoxy) is 2. The van der Waals surface area contributed by atoms with Crippen LogP contribution in [0, 0.1) is 22.5 Å². The Morgan fingerprint density at radius 1 is 1.07 bits per heavy atom. The van der Waals surface area contributed by atoms with Crippen molar-refractivity contribution in [1.82, 2.24) is 9.38 Å².